The van der Waals surface area contributed by atoms with Crippen LogP contribution < -0.4 is 0 Å². The number of aliphatic hydroxyl groups is 1. The van der Waals surface area contributed by atoms with Crippen molar-refractivity contribution in [2.45, 2.75) is 50.4 Å². The maximum atomic E-state index is 10.2. The van der Waals surface area contributed by atoms with E-state index in [4.69, 9.17) is 9.47 Å². The molecule has 2 aliphatic heterocycles. The molecule has 3 atom stereocenters. The molecule has 13 heavy (non-hydrogen) atoms. The van der Waals surface area contributed by atoms with Crippen LogP contribution in [0.3, 0.4) is 0 Å². The van der Waals surface area contributed by atoms with Crippen molar-refractivity contribution < 1.29 is 14.6 Å². The first-order valence-corrected chi connectivity index (χ1v) is 5.04. The van der Waals surface area contributed by atoms with Gasteiger partial charge in [-0.15, -0.1) is 0 Å². The molecule has 2 rings (SSSR count). The van der Waals surface area contributed by atoms with E-state index in [2.05, 4.69) is 6.92 Å². The van der Waals surface area contributed by atoms with Gasteiger partial charge in [0.1, 0.15) is 11.2 Å². The van der Waals surface area contributed by atoms with Crippen LogP contribution in [0.1, 0.15) is 33.1 Å². The summed E-state index contributed by atoms with van der Waals surface area (Å²) < 4.78 is 11.2. The van der Waals surface area contributed by atoms with Crippen LogP contribution >= 0.6 is 0 Å². The highest BCUT2D eigenvalue weighted by molar-refractivity contribution is 5.04. The highest BCUT2D eigenvalue weighted by atomic mass is 16.6. The van der Waals surface area contributed by atoms with Gasteiger partial charge >= 0.3 is 0 Å². The van der Waals surface area contributed by atoms with E-state index < -0.39 is 5.60 Å². The Balaban J connectivity index is 2.19. The van der Waals surface area contributed by atoms with Crippen molar-refractivity contribution in [3.63, 3.8) is 0 Å². The standard InChI is InChI=1S/C10H18O3/c1-8-3-4-10(13-8)5-6-12-7-9(10,2)11/h8,11H,3-7H2,1-2H3. The average molecular weight is 186 g/mol. The molecule has 0 bridgehead atoms. The van der Waals surface area contributed by atoms with Gasteiger partial charge in [-0.2, -0.15) is 0 Å². The third kappa shape index (κ3) is 1.39. The molecule has 76 valence electrons. The zero-order chi connectivity index (χ0) is 9.53. The van der Waals surface area contributed by atoms with Crippen LogP contribution in [0.25, 0.3) is 0 Å². The topological polar surface area (TPSA) is 38.7 Å². The third-order valence-corrected chi connectivity index (χ3v) is 3.40. The monoisotopic (exact) mass is 186 g/mol. The molecule has 3 unspecified atom stereocenters. The van der Waals surface area contributed by atoms with Crippen LogP contribution in [0.15, 0.2) is 0 Å². The molecule has 0 saturated carbocycles. The maximum absolute atomic E-state index is 10.2. The molecule has 0 aromatic carbocycles. The van der Waals surface area contributed by atoms with E-state index in [1.54, 1.807) is 0 Å². The van der Waals surface area contributed by atoms with Crippen molar-refractivity contribution in [1.82, 2.24) is 0 Å². The Hall–Kier alpha value is -0.120. The molecule has 0 aromatic heterocycles. The fourth-order valence-electron chi connectivity index (χ4n) is 2.43. The summed E-state index contributed by atoms with van der Waals surface area (Å²) in [6, 6.07) is 0. The van der Waals surface area contributed by atoms with Crippen molar-refractivity contribution in [2.75, 3.05) is 13.2 Å². The van der Waals surface area contributed by atoms with E-state index >= 15 is 0 Å². The molecule has 0 aromatic rings. The molecule has 1 N–H and O–H groups in total. The van der Waals surface area contributed by atoms with Gasteiger partial charge in [-0.1, -0.05) is 0 Å². The second-order valence-corrected chi connectivity index (χ2v) is 4.54. The minimum atomic E-state index is -0.810. The molecular weight excluding hydrogens is 168 g/mol. The predicted molar refractivity (Wildman–Crippen MR) is 48.6 cm³/mol. The molecule has 1 spiro atoms. The van der Waals surface area contributed by atoms with Crippen LogP contribution in [-0.2, 0) is 9.47 Å². The molecule has 2 fully saturated rings. The van der Waals surface area contributed by atoms with Crippen molar-refractivity contribution in [1.29, 1.82) is 0 Å². The summed E-state index contributed by atoms with van der Waals surface area (Å²) in [6.07, 6.45) is 3.12. The first kappa shape index (κ1) is 9.44. The molecular formula is C10H18O3. The highest BCUT2D eigenvalue weighted by Crippen LogP contribution is 2.43. The van der Waals surface area contributed by atoms with Gasteiger partial charge in [0, 0.05) is 13.0 Å². The first-order valence-electron chi connectivity index (χ1n) is 5.04. The number of hydrogen-bond donors (Lipinski definition) is 1. The highest BCUT2D eigenvalue weighted by Gasteiger charge is 2.53. The smallest absolute Gasteiger partial charge is 0.114 e. The van der Waals surface area contributed by atoms with E-state index in [1.807, 2.05) is 6.92 Å². The van der Waals surface area contributed by atoms with Gasteiger partial charge in [0.15, 0.2) is 0 Å². The molecule has 0 aliphatic carbocycles. The second kappa shape index (κ2) is 2.94. The van der Waals surface area contributed by atoms with E-state index in [9.17, 15) is 5.11 Å². The minimum absolute atomic E-state index is 0.282. The van der Waals surface area contributed by atoms with Crippen LogP contribution in [0, 0.1) is 0 Å². The Morgan fingerprint density at radius 1 is 1.38 bits per heavy atom. The number of ether oxygens (including phenoxy) is 2. The molecule has 2 saturated heterocycles. The zero-order valence-corrected chi connectivity index (χ0v) is 8.38. The van der Waals surface area contributed by atoms with Crippen molar-refractivity contribution in [3.05, 3.63) is 0 Å². The largest absolute Gasteiger partial charge is 0.385 e. The molecule has 2 aliphatic rings. The molecule has 3 heteroatoms. The summed E-state index contributed by atoms with van der Waals surface area (Å²) in [7, 11) is 0. The average Bonchev–Trinajstić information content (AvgIpc) is 2.41. The molecule has 0 radical (unpaired) electrons. The van der Waals surface area contributed by atoms with Crippen LogP contribution in [0.2, 0.25) is 0 Å². The summed E-state index contributed by atoms with van der Waals surface area (Å²) in [6.45, 7) is 5.01. The van der Waals surface area contributed by atoms with E-state index in [0.717, 1.165) is 19.3 Å². The van der Waals surface area contributed by atoms with Crippen LogP contribution in [-0.4, -0.2) is 35.6 Å². The Bertz CT molecular complexity index is 198. The van der Waals surface area contributed by atoms with E-state index in [0.29, 0.717) is 13.2 Å². The van der Waals surface area contributed by atoms with Crippen molar-refractivity contribution in [3.8, 4) is 0 Å². The lowest BCUT2D eigenvalue weighted by atomic mass is 9.78. The van der Waals surface area contributed by atoms with Crippen LogP contribution in [0.4, 0.5) is 0 Å². The summed E-state index contributed by atoms with van der Waals surface area (Å²) in [5, 5.41) is 10.2. The lowest BCUT2D eigenvalue weighted by Gasteiger charge is -2.45. The number of rotatable bonds is 0. The summed E-state index contributed by atoms with van der Waals surface area (Å²) in [5.74, 6) is 0. The van der Waals surface area contributed by atoms with Gasteiger partial charge in [0.05, 0.1) is 12.7 Å². The Labute approximate surface area is 79.0 Å². The minimum Gasteiger partial charge on any atom is -0.385 e. The molecule has 3 nitrogen and oxygen atoms in total. The van der Waals surface area contributed by atoms with Gasteiger partial charge in [-0.3, -0.25) is 0 Å². The summed E-state index contributed by atoms with van der Waals surface area (Å²) >= 11 is 0. The molecule has 0 amide bonds. The van der Waals surface area contributed by atoms with E-state index in [-0.39, 0.29) is 11.7 Å². The third-order valence-electron chi connectivity index (χ3n) is 3.40. The van der Waals surface area contributed by atoms with Gasteiger partial charge in [0.2, 0.25) is 0 Å². The lowest BCUT2D eigenvalue weighted by Crippen LogP contribution is -2.58. The summed E-state index contributed by atoms with van der Waals surface area (Å²) in [4.78, 5) is 0. The van der Waals surface area contributed by atoms with Gasteiger partial charge in [0.25, 0.3) is 0 Å². The van der Waals surface area contributed by atoms with Gasteiger partial charge in [-0.25, -0.2) is 0 Å². The summed E-state index contributed by atoms with van der Waals surface area (Å²) in [5.41, 5.74) is -1.14. The number of hydrogen-bond acceptors (Lipinski definition) is 3. The van der Waals surface area contributed by atoms with E-state index in [1.165, 1.54) is 0 Å². The second-order valence-electron chi connectivity index (χ2n) is 4.54. The van der Waals surface area contributed by atoms with Gasteiger partial charge in [-0.05, 0) is 26.7 Å². The Morgan fingerprint density at radius 2 is 2.15 bits per heavy atom. The Kier molecular flexibility index (Phi) is 2.13. The maximum Gasteiger partial charge on any atom is 0.114 e. The Morgan fingerprint density at radius 3 is 2.69 bits per heavy atom. The lowest BCUT2D eigenvalue weighted by molar-refractivity contribution is -0.223. The first-order chi connectivity index (χ1) is 6.06. The molecule has 2 heterocycles. The zero-order valence-electron chi connectivity index (χ0n) is 8.38. The van der Waals surface area contributed by atoms with Crippen molar-refractivity contribution in [2.24, 2.45) is 0 Å². The quantitative estimate of drug-likeness (QED) is 0.615. The van der Waals surface area contributed by atoms with Crippen LogP contribution in [0.5, 0.6) is 0 Å². The van der Waals surface area contributed by atoms with Crippen molar-refractivity contribution >= 4 is 0 Å². The predicted octanol–water partition coefficient (Wildman–Crippen LogP) is 1.10. The SMILES string of the molecule is CC1CCC2(CCOCC2(C)O)O1. The fourth-order valence-corrected chi connectivity index (χ4v) is 2.43. The fraction of sp³-hybridized carbons (Fsp3) is 1.00. The van der Waals surface area contributed by atoms with Gasteiger partial charge < -0.3 is 14.6 Å². The normalized spacial score (nSPS) is 51.5.